The van der Waals surface area contributed by atoms with E-state index in [1.165, 1.54) is 15.6 Å². The van der Waals surface area contributed by atoms with E-state index in [1.807, 2.05) is 32.0 Å². The van der Waals surface area contributed by atoms with Crippen LogP contribution >= 0.6 is 11.3 Å². The maximum Gasteiger partial charge on any atom is 0.280 e. The lowest BCUT2D eigenvalue weighted by atomic mass is 9.82. The Hall–Kier alpha value is -2.66. The number of carbonyl (C=O) groups excluding carboxylic acids is 2. The molecule has 2 amide bonds. The van der Waals surface area contributed by atoms with Gasteiger partial charge in [0.25, 0.3) is 10.2 Å². The number of aliphatic hydroxyl groups is 2. The minimum absolute atomic E-state index is 0.0532. The van der Waals surface area contributed by atoms with Crippen molar-refractivity contribution in [1.29, 1.82) is 0 Å². The van der Waals surface area contributed by atoms with E-state index < -0.39 is 52.4 Å². The Bertz CT molecular complexity index is 1410. The number of aryl methyl sites for hydroxylation is 1. The third-order valence-corrected chi connectivity index (χ3v) is 11.6. The first-order chi connectivity index (χ1) is 23.4. The molecule has 1 aliphatic heterocycles. The van der Waals surface area contributed by atoms with Crippen LogP contribution < -0.4 is 21.1 Å². The molecule has 7 N–H and O–H groups in total. The number of thiazole rings is 1. The van der Waals surface area contributed by atoms with Gasteiger partial charge in [0, 0.05) is 18.5 Å². The van der Waals surface area contributed by atoms with Gasteiger partial charge in [-0.05, 0) is 49.5 Å². The molecule has 0 bridgehead atoms. The number of amides is 2. The number of nitrogens with two attached hydrogens (primary N) is 1. The summed E-state index contributed by atoms with van der Waals surface area (Å²) in [6, 6.07) is 6.00. The number of hydrogen-bond acceptors (Lipinski definition) is 10. The summed E-state index contributed by atoms with van der Waals surface area (Å²) in [6.07, 6.45) is 4.43. The summed E-state index contributed by atoms with van der Waals surface area (Å²) in [7, 11) is -4.06. The van der Waals surface area contributed by atoms with Crippen molar-refractivity contribution in [2.75, 3.05) is 32.0 Å². The van der Waals surface area contributed by atoms with Crippen LogP contribution in [-0.2, 0) is 37.4 Å². The second-order valence-corrected chi connectivity index (χ2v) is 16.3. The Morgan fingerprint density at radius 3 is 2.35 bits per heavy atom. The topological polar surface area (TPSA) is 196 Å². The predicted octanol–water partition coefficient (Wildman–Crippen LogP) is 2.14. The molecular formula is C34H54N6O7S2. The Morgan fingerprint density at radius 2 is 1.71 bits per heavy atom. The number of carbonyl (C=O) groups is 2. The van der Waals surface area contributed by atoms with Crippen LogP contribution in [0, 0.1) is 11.8 Å². The molecule has 49 heavy (non-hydrogen) atoms. The van der Waals surface area contributed by atoms with Gasteiger partial charge in [-0.15, -0.1) is 11.3 Å². The molecule has 0 spiro atoms. The lowest BCUT2D eigenvalue weighted by molar-refractivity contribution is -0.131. The Labute approximate surface area is 294 Å². The van der Waals surface area contributed by atoms with Crippen LogP contribution in [0.5, 0.6) is 0 Å². The first-order valence-corrected chi connectivity index (χ1v) is 19.8. The number of hydrogen-bond donors (Lipinski definition) is 6. The molecule has 2 heterocycles. The van der Waals surface area contributed by atoms with E-state index in [-0.39, 0.29) is 51.0 Å². The smallest absolute Gasteiger partial charge is 0.280 e. The quantitative estimate of drug-likeness (QED) is 0.134. The van der Waals surface area contributed by atoms with Gasteiger partial charge in [-0.25, -0.2) is 4.98 Å². The average molecular weight is 723 g/mol. The first-order valence-electron chi connectivity index (χ1n) is 17.5. The molecule has 1 aromatic carbocycles. The van der Waals surface area contributed by atoms with Crippen LogP contribution in [0.4, 0.5) is 5.13 Å². The van der Waals surface area contributed by atoms with Gasteiger partial charge in [0.2, 0.25) is 11.8 Å². The van der Waals surface area contributed by atoms with E-state index in [0.29, 0.717) is 30.1 Å². The van der Waals surface area contributed by atoms with Crippen molar-refractivity contribution < 1.29 is 33.0 Å². The van der Waals surface area contributed by atoms with Crippen molar-refractivity contribution in [1.82, 2.24) is 24.6 Å². The first kappa shape index (κ1) is 39.1. The van der Waals surface area contributed by atoms with Crippen LogP contribution in [0.15, 0.2) is 35.7 Å². The molecule has 13 nitrogen and oxygen atoms in total. The fourth-order valence-corrected chi connectivity index (χ4v) is 8.52. The fraction of sp³-hybridized carbons (Fsp3) is 0.676. The zero-order valence-corrected chi connectivity index (χ0v) is 30.3. The zero-order valence-electron chi connectivity index (χ0n) is 28.6. The number of nitrogens with zero attached hydrogens (tertiary/aromatic N) is 2. The molecule has 2 aliphatic rings. The molecule has 2 fully saturated rings. The van der Waals surface area contributed by atoms with Gasteiger partial charge in [0.1, 0.15) is 18.2 Å². The van der Waals surface area contributed by atoms with Gasteiger partial charge in [0.05, 0.1) is 31.1 Å². The molecule has 1 saturated carbocycles. The van der Waals surface area contributed by atoms with E-state index in [9.17, 15) is 28.2 Å². The maximum absolute atomic E-state index is 14.1. The molecule has 4 rings (SSSR count). The molecule has 15 heteroatoms. The Morgan fingerprint density at radius 1 is 1.04 bits per heavy atom. The molecule has 0 unspecified atom stereocenters. The van der Waals surface area contributed by atoms with E-state index in [2.05, 4.69) is 20.3 Å². The Kier molecular flexibility index (Phi) is 15.2. The predicted molar refractivity (Wildman–Crippen MR) is 190 cm³/mol. The minimum Gasteiger partial charge on any atom is -0.390 e. The summed E-state index contributed by atoms with van der Waals surface area (Å²) >= 11 is 1.27. The molecule has 274 valence electrons. The number of nitrogens with one attached hydrogen (secondary N) is 3. The van der Waals surface area contributed by atoms with Crippen LogP contribution in [0.2, 0.25) is 0 Å². The van der Waals surface area contributed by atoms with Crippen LogP contribution in [0.25, 0.3) is 0 Å². The minimum atomic E-state index is -4.06. The highest BCUT2D eigenvalue weighted by Crippen LogP contribution is 2.29. The fourth-order valence-electron chi connectivity index (χ4n) is 6.59. The normalized spacial score (nSPS) is 19.5. The summed E-state index contributed by atoms with van der Waals surface area (Å²) in [5, 5.41) is 30.2. The van der Waals surface area contributed by atoms with Gasteiger partial charge in [-0.3, -0.25) is 9.59 Å². The van der Waals surface area contributed by atoms with Crippen molar-refractivity contribution in [3.05, 3.63) is 47.0 Å². The molecule has 0 radical (unpaired) electrons. The molecule has 5 atom stereocenters. The van der Waals surface area contributed by atoms with Crippen molar-refractivity contribution in [2.24, 2.45) is 11.8 Å². The van der Waals surface area contributed by atoms with Gasteiger partial charge in [-0.2, -0.15) is 17.4 Å². The summed E-state index contributed by atoms with van der Waals surface area (Å²) in [5.74, 6) is -0.766. The standard InChI is InChI=1S/C34H54N6O7S2/c1-23(2)19-30(41)31(42)28(20-24-9-5-3-6-10-24)38-32(43)27(14-13-26-22-48-34(35)36-26)37-33(44)29(21-25-11-7-4-8-12-25)39-49(45,46)40-15-17-47-18-16-40/h4,7-8,11-12,22-24,27-31,39,41-42H,3,5-6,9-10,13-21H2,1-2H3,(H2,35,36)(H,37,44)(H,38,43)/t27-,28-,29-,30-,31+/m0/s1. The van der Waals surface area contributed by atoms with E-state index >= 15 is 0 Å². The van der Waals surface area contributed by atoms with Crippen molar-refractivity contribution in [2.45, 2.75) is 108 Å². The highest BCUT2D eigenvalue weighted by molar-refractivity contribution is 7.87. The second kappa shape index (κ2) is 19.1. The number of morpholine rings is 1. The second-order valence-electron chi connectivity index (χ2n) is 13.7. The number of anilines is 1. The van der Waals surface area contributed by atoms with E-state index in [1.54, 1.807) is 17.5 Å². The van der Waals surface area contributed by atoms with Gasteiger partial charge in [-0.1, -0.05) is 76.3 Å². The van der Waals surface area contributed by atoms with Gasteiger partial charge in [0.15, 0.2) is 5.13 Å². The summed E-state index contributed by atoms with van der Waals surface area (Å²) in [4.78, 5) is 32.4. The van der Waals surface area contributed by atoms with E-state index in [4.69, 9.17) is 10.5 Å². The SMILES string of the molecule is CC(C)C[C@H](O)[C@H](O)[C@H](CC1CCCCC1)NC(=O)[C@H](CCc1csc(N)n1)NC(=O)[C@H](Cc1ccccc1)NS(=O)(=O)N1CCOCC1. The number of ether oxygens (including phenoxy) is 1. The van der Waals surface area contributed by atoms with E-state index in [0.717, 1.165) is 37.7 Å². The lowest BCUT2D eigenvalue weighted by Crippen LogP contribution is -2.59. The number of aromatic nitrogens is 1. The highest BCUT2D eigenvalue weighted by Gasteiger charge is 2.35. The summed E-state index contributed by atoms with van der Waals surface area (Å²) < 4.78 is 35.9. The molecule has 2 aromatic rings. The maximum atomic E-state index is 14.1. The molecule has 1 saturated heterocycles. The third-order valence-electron chi connectivity index (χ3n) is 9.25. The zero-order chi connectivity index (χ0) is 35.4. The number of rotatable bonds is 18. The largest absolute Gasteiger partial charge is 0.390 e. The van der Waals surface area contributed by atoms with Crippen molar-refractivity contribution >= 4 is 38.5 Å². The molecular weight excluding hydrogens is 669 g/mol. The highest BCUT2D eigenvalue weighted by atomic mass is 32.2. The monoisotopic (exact) mass is 722 g/mol. The molecule has 1 aliphatic carbocycles. The summed E-state index contributed by atoms with van der Waals surface area (Å²) in [6.45, 7) is 4.73. The number of nitrogen functional groups attached to an aromatic ring is 1. The molecule has 1 aromatic heterocycles. The summed E-state index contributed by atoms with van der Waals surface area (Å²) in [5.41, 5.74) is 7.24. The third kappa shape index (κ3) is 12.6. The van der Waals surface area contributed by atoms with Gasteiger partial charge >= 0.3 is 0 Å². The Balaban J connectivity index is 1.57. The number of aliphatic hydroxyl groups excluding tert-OH is 2. The van der Waals surface area contributed by atoms with Crippen LogP contribution in [0.3, 0.4) is 0 Å². The van der Waals surface area contributed by atoms with Gasteiger partial charge < -0.3 is 31.3 Å². The van der Waals surface area contributed by atoms with Crippen molar-refractivity contribution in [3.8, 4) is 0 Å². The average Bonchev–Trinajstić information content (AvgIpc) is 3.51. The number of benzene rings is 1. The van der Waals surface area contributed by atoms with Crippen molar-refractivity contribution in [3.63, 3.8) is 0 Å². The van der Waals surface area contributed by atoms with Crippen LogP contribution in [-0.4, -0.2) is 96.4 Å². The van der Waals surface area contributed by atoms with Crippen LogP contribution in [0.1, 0.15) is 76.5 Å². The lowest BCUT2D eigenvalue weighted by Gasteiger charge is -2.34.